The largest absolute Gasteiger partial charge is 0.391 e. The highest BCUT2D eigenvalue weighted by Gasteiger charge is 2.26. The van der Waals surface area contributed by atoms with Crippen molar-refractivity contribution < 1.29 is 9.90 Å². The van der Waals surface area contributed by atoms with Gasteiger partial charge in [-0.05, 0) is 37.5 Å². The lowest BCUT2D eigenvalue weighted by Gasteiger charge is -2.30. The van der Waals surface area contributed by atoms with E-state index < -0.39 is 6.10 Å². The summed E-state index contributed by atoms with van der Waals surface area (Å²) in [4.78, 5) is 14.5. The van der Waals surface area contributed by atoms with Crippen LogP contribution in [0.25, 0.3) is 5.69 Å². The number of nitrogens with zero attached hydrogens (tertiary/aromatic N) is 3. The predicted octanol–water partition coefficient (Wildman–Crippen LogP) is 2.69. The maximum Gasteiger partial charge on any atom is 0.257 e. The molecule has 1 aliphatic rings. The third-order valence-corrected chi connectivity index (χ3v) is 4.41. The first-order valence-corrected chi connectivity index (χ1v) is 8.28. The van der Waals surface area contributed by atoms with Crippen molar-refractivity contribution >= 4 is 17.5 Å². The highest BCUT2D eigenvalue weighted by atomic mass is 35.5. The molecule has 1 unspecified atom stereocenters. The molecule has 1 aliphatic heterocycles. The van der Waals surface area contributed by atoms with Crippen LogP contribution in [0.4, 0.5) is 0 Å². The molecule has 6 heteroatoms. The van der Waals surface area contributed by atoms with Crippen LogP contribution < -0.4 is 0 Å². The molecular formula is C17H20ClN3O2. The average Bonchev–Trinajstić information content (AvgIpc) is 2.98. The van der Waals surface area contributed by atoms with Crippen LogP contribution in [0, 0.1) is 0 Å². The van der Waals surface area contributed by atoms with Gasteiger partial charge in [0.25, 0.3) is 5.91 Å². The third-order valence-electron chi connectivity index (χ3n) is 4.17. The number of rotatable bonds is 3. The number of amides is 1. The van der Waals surface area contributed by atoms with E-state index in [1.165, 1.54) is 0 Å². The van der Waals surface area contributed by atoms with Gasteiger partial charge in [0.1, 0.15) is 0 Å². The van der Waals surface area contributed by atoms with E-state index in [1.807, 2.05) is 25.1 Å². The number of aliphatic hydroxyl groups is 1. The molecule has 0 radical (unpaired) electrons. The summed E-state index contributed by atoms with van der Waals surface area (Å²) in [6.45, 7) is 3.08. The Morgan fingerprint density at radius 2 is 2.30 bits per heavy atom. The quantitative estimate of drug-likeness (QED) is 0.939. The highest BCUT2D eigenvalue weighted by Crippen LogP contribution is 2.21. The van der Waals surface area contributed by atoms with E-state index in [0.717, 1.165) is 24.2 Å². The Morgan fingerprint density at radius 1 is 1.48 bits per heavy atom. The van der Waals surface area contributed by atoms with Gasteiger partial charge >= 0.3 is 0 Å². The molecule has 23 heavy (non-hydrogen) atoms. The highest BCUT2D eigenvalue weighted by molar-refractivity contribution is 6.30. The van der Waals surface area contributed by atoms with Crippen molar-refractivity contribution in [3.63, 3.8) is 0 Å². The van der Waals surface area contributed by atoms with E-state index in [9.17, 15) is 9.90 Å². The van der Waals surface area contributed by atoms with E-state index in [1.54, 1.807) is 21.8 Å². The number of carbonyl (C=O) groups excluding carboxylic acids is 1. The second-order valence-electron chi connectivity index (χ2n) is 5.80. The molecule has 2 aromatic rings. The Balaban J connectivity index is 1.93. The van der Waals surface area contributed by atoms with Crippen LogP contribution in [-0.4, -0.2) is 44.9 Å². The van der Waals surface area contributed by atoms with E-state index in [0.29, 0.717) is 30.1 Å². The molecule has 1 aromatic heterocycles. The number of aromatic nitrogens is 2. The molecule has 0 spiro atoms. The van der Waals surface area contributed by atoms with Crippen LogP contribution in [0.3, 0.4) is 0 Å². The molecule has 1 saturated heterocycles. The Morgan fingerprint density at radius 3 is 3.00 bits per heavy atom. The Labute approximate surface area is 140 Å². The third kappa shape index (κ3) is 3.26. The molecule has 0 aliphatic carbocycles. The molecule has 0 saturated carbocycles. The summed E-state index contributed by atoms with van der Waals surface area (Å²) in [5, 5.41) is 14.8. The van der Waals surface area contributed by atoms with E-state index in [2.05, 4.69) is 5.10 Å². The molecular weight excluding hydrogens is 314 g/mol. The summed E-state index contributed by atoms with van der Waals surface area (Å²) in [5.41, 5.74) is 2.30. The topological polar surface area (TPSA) is 58.4 Å². The van der Waals surface area contributed by atoms with Gasteiger partial charge in [-0.3, -0.25) is 4.79 Å². The SMILES string of the molecule is CCc1c(C(=O)N2CCCC(O)C2)cnn1-c1cccc(Cl)c1. The Kier molecular flexibility index (Phi) is 4.68. The lowest BCUT2D eigenvalue weighted by Crippen LogP contribution is -2.42. The predicted molar refractivity (Wildman–Crippen MR) is 89.1 cm³/mol. The summed E-state index contributed by atoms with van der Waals surface area (Å²) in [5.74, 6) is -0.0612. The Bertz CT molecular complexity index is 714. The number of benzene rings is 1. The number of aliphatic hydroxyl groups excluding tert-OH is 1. The van der Waals surface area contributed by atoms with Gasteiger partial charge in [0.2, 0.25) is 0 Å². The van der Waals surface area contributed by atoms with Gasteiger partial charge in [0.05, 0.1) is 29.2 Å². The lowest BCUT2D eigenvalue weighted by atomic mass is 10.1. The monoisotopic (exact) mass is 333 g/mol. The van der Waals surface area contributed by atoms with E-state index in [-0.39, 0.29) is 5.91 Å². The molecule has 122 valence electrons. The summed E-state index contributed by atoms with van der Waals surface area (Å²) in [6.07, 6.45) is 3.46. The zero-order chi connectivity index (χ0) is 16.4. The van der Waals surface area contributed by atoms with Gasteiger partial charge in [-0.1, -0.05) is 24.6 Å². The summed E-state index contributed by atoms with van der Waals surface area (Å²) < 4.78 is 1.76. The second-order valence-corrected chi connectivity index (χ2v) is 6.23. The molecule has 1 aromatic carbocycles. The standard InChI is InChI=1S/C17H20ClN3O2/c1-2-16-15(17(23)20-8-4-7-14(22)11-20)10-19-21(16)13-6-3-5-12(18)9-13/h3,5-6,9-10,14,22H,2,4,7-8,11H2,1H3. The normalized spacial score (nSPS) is 18.2. The van der Waals surface area contributed by atoms with Crippen LogP contribution in [0.15, 0.2) is 30.5 Å². The maximum absolute atomic E-state index is 12.8. The number of carbonyl (C=O) groups is 1. The fourth-order valence-electron chi connectivity index (χ4n) is 3.03. The molecule has 0 bridgehead atoms. The van der Waals surface area contributed by atoms with Crippen molar-refractivity contribution in [2.24, 2.45) is 0 Å². The zero-order valence-corrected chi connectivity index (χ0v) is 13.8. The first-order valence-electron chi connectivity index (χ1n) is 7.90. The van der Waals surface area contributed by atoms with Crippen LogP contribution in [0.1, 0.15) is 35.8 Å². The van der Waals surface area contributed by atoms with Crippen molar-refractivity contribution in [3.8, 4) is 5.69 Å². The van der Waals surface area contributed by atoms with Crippen molar-refractivity contribution in [1.82, 2.24) is 14.7 Å². The minimum Gasteiger partial charge on any atom is -0.391 e. The molecule has 5 nitrogen and oxygen atoms in total. The van der Waals surface area contributed by atoms with Gasteiger partial charge in [0.15, 0.2) is 0 Å². The Hall–Kier alpha value is -1.85. The van der Waals surface area contributed by atoms with E-state index in [4.69, 9.17) is 11.6 Å². The number of likely N-dealkylation sites (tertiary alicyclic amines) is 1. The summed E-state index contributed by atoms with van der Waals surface area (Å²) >= 11 is 6.05. The van der Waals surface area contributed by atoms with Gasteiger partial charge in [-0.2, -0.15) is 5.10 Å². The first-order chi connectivity index (χ1) is 11.1. The summed E-state index contributed by atoms with van der Waals surface area (Å²) in [6, 6.07) is 7.41. The molecule has 1 fully saturated rings. The zero-order valence-electron chi connectivity index (χ0n) is 13.1. The number of piperidine rings is 1. The molecule has 2 heterocycles. The minimum absolute atomic E-state index is 0.0612. The molecule has 1 amide bonds. The second kappa shape index (κ2) is 6.72. The molecule has 1 N–H and O–H groups in total. The van der Waals surface area contributed by atoms with Crippen molar-refractivity contribution in [3.05, 3.63) is 46.7 Å². The van der Waals surface area contributed by atoms with Gasteiger partial charge < -0.3 is 10.0 Å². The number of β-amino-alcohol motifs (C(OH)–C–C–N with tert-alkyl or cyclic N) is 1. The number of halogens is 1. The first kappa shape index (κ1) is 16.0. The van der Waals surface area contributed by atoms with Crippen molar-refractivity contribution in [2.45, 2.75) is 32.3 Å². The minimum atomic E-state index is -0.430. The number of hydrogen-bond acceptors (Lipinski definition) is 3. The van der Waals surface area contributed by atoms with Crippen molar-refractivity contribution in [2.75, 3.05) is 13.1 Å². The van der Waals surface area contributed by atoms with Crippen LogP contribution >= 0.6 is 11.6 Å². The average molecular weight is 334 g/mol. The van der Waals surface area contributed by atoms with E-state index >= 15 is 0 Å². The van der Waals surface area contributed by atoms with Crippen molar-refractivity contribution in [1.29, 1.82) is 0 Å². The number of hydrogen-bond donors (Lipinski definition) is 1. The fourth-order valence-corrected chi connectivity index (χ4v) is 3.22. The maximum atomic E-state index is 12.8. The molecule has 1 atom stereocenters. The van der Waals surface area contributed by atoms with Crippen LogP contribution in [0.5, 0.6) is 0 Å². The van der Waals surface area contributed by atoms with Crippen LogP contribution in [-0.2, 0) is 6.42 Å². The molecule has 3 rings (SSSR count). The fraction of sp³-hybridized carbons (Fsp3) is 0.412. The van der Waals surface area contributed by atoms with Gasteiger partial charge in [-0.15, -0.1) is 0 Å². The lowest BCUT2D eigenvalue weighted by molar-refractivity contribution is 0.0473. The summed E-state index contributed by atoms with van der Waals surface area (Å²) in [7, 11) is 0. The van der Waals surface area contributed by atoms with Gasteiger partial charge in [-0.25, -0.2) is 4.68 Å². The van der Waals surface area contributed by atoms with Crippen LogP contribution in [0.2, 0.25) is 5.02 Å². The smallest absolute Gasteiger partial charge is 0.257 e. The van der Waals surface area contributed by atoms with Gasteiger partial charge in [0, 0.05) is 18.1 Å².